The second-order valence-electron chi connectivity index (χ2n) is 9.76. The molecule has 31 heavy (non-hydrogen) atoms. The first kappa shape index (κ1) is 24.3. The van der Waals surface area contributed by atoms with E-state index in [0.29, 0.717) is 30.3 Å². The molecule has 0 aromatic heterocycles. The van der Waals surface area contributed by atoms with Crippen molar-refractivity contribution in [2.45, 2.75) is 71.0 Å². The Kier molecular flexibility index (Phi) is 7.29. The second-order valence-corrected chi connectivity index (χ2v) is 11.3. The Morgan fingerprint density at radius 3 is 2.65 bits per heavy atom. The summed E-state index contributed by atoms with van der Waals surface area (Å²) < 4.78 is 11.1. The van der Waals surface area contributed by atoms with Gasteiger partial charge in [0.2, 0.25) is 0 Å². The normalized spacial score (nSPS) is 38.1. The van der Waals surface area contributed by atoms with E-state index in [1.54, 1.807) is 6.08 Å². The van der Waals surface area contributed by atoms with Crippen molar-refractivity contribution in [3.63, 3.8) is 0 Å². The molecule has 3 saturated carbocycles. The Hall–Kier alpha value is -1.30. The van der Waals surface area contributed by atoms with E-state index in [4.69, 9.17) is 9.79 Å². The summed E-state index contributed by atoms with van der Waals surface area (Å²) in [5.41, 5.74) is 1.92. The van der Waals surface area contributed by atoms with E-state index in [0.717, 1.165) is 43.8 Å². The molecule has 7 heteroatoms. The number of carbonyl (C=O) groups excluding carboxylic acids is 1. The van der Waals surface area contributed by atoms with E-state index in [9.17, 15) is 19.6 Å². The van der Waals surface area contributed by atoms with E-state index in [2.05, 4.69) is 19.6 Å². The minimum absolute atomic E-state index is 0.0478. The Morgan fingerprint density at radius 1 is 1.26 bits per heavy atom. The smallest absolute Gasteiger partial charge is 0.393 e. The molecule has 0 aromatic rings. The average Bonchev–Trinajstić information content (AvgIpc) is 3.04. The first-order valence-electron chi connectivity index (χ1n) is 11.2. The predicted molar refractivity (Wildman–Crippen MR) is 120 cm³/mol. The predicted octanol–water partition coefficient (Wildman–Crippen LogP) is 4.02. The molecule has 0 spiro atoms. The van der Waals surface area contributed by atoms with Crippen LogP contribution in [0.25, 0.3) is 0 Å². The molecular formula is C24H35O6P. The third-order valence-corrected chi connectivity index (χ3v) is 8.49. The molecule has 4 N–H and O–H groups in total. The summed E-state index contributed by atoms with van der Waals surface area (Å²) in [5, 5.41) is 20.1. The molecule has 3 aliphatic rings. The Labute approximate surface area is 184 Å². The molecule has 0 bridgehead atoms. The van der Waals surface area contributed by atoms with Gasteiger partial charge in [0.1, 0.15) is 0 Å². The van der Waals surface area contributed by atoms with E-state index < -0.39 is 25.3 Å². The van der Waals surface area contributed by atoms with Crippen LogP contribution in [-0.2, 0) is 9.36 Å². The molecule has 0 aromatic carbocycles. The van der Waals surface area contributed by atoms with Gasteiger partial charge in [-0.3, -0.25) is 9.36 Å². The minimum Gasteiger partial charge on any atom is -0.393 e. The summed E-state index contributed by atoms with van der Waals surface area (Å²) in [6.45, 7) is 8.32. The van der Waals surface area contributed by atoms with Gasteiger partial charge < -0.3 is 20.0 Å². The third kappa shape index (κ3) is 5.20. The third-order valence-electron chi connectivity index (χ3n) is 7.77. The molecule has 1 unspecified atom stereocenters. The quantitative estimate of drug-likeness (QED) is 0.371. The first-order valence-corrected chi connectivity index (χ1v) is 12.8. The van der Waals surface area contributed by atoms with Gasteiger partial charge in [0, 0.05) is 6.42 Å². The average molecular weight is 451 g/mol. The molecule has 0 heterocycles. The number of fused-ring (bicyclic) bond motifs is 1. The lowest BCUT2D eigenvalue weighted by Gasteiger charge is -2.44. The standard InChI is InChI=1S/C24H35O6P/c1-15(6-11-23(27)31(28,29)30)20-9-10-21-17(5-4-12-24(20,21)3)7-8-18-13-19(25)14-22(26)16(18)2/h6-8,11,15,19-22,25-26H,2,4-5,9-10,12-14H2,1,3H3,(H2,28,29,30)/b11-6+,17-7+,18-8-/t15-,19-,20-,21?,22+,24-/m1/s1. The van der Waals surface area contributed by atoms with Crippen LogP contribution < -0.4 is 0 Å². The highest BCUT2D eigenvalue weighted by Gasteiger charge is 2.50. The van der Waals surface area contributed by atoms with E-state index in [1.165, 1.54) is 5.57 Å². The summed E-state index contributed by atoms with van der Waals surface area (Å²) in [6.07, 6.45) is 11.8. The first-order chi connectivity index (χ1) is 14.4. The SMILES string of the molecule is C=C1/C(=C\C=C2/CCC[C@@]3(C)C2CC[C@@H]3[C@H](C)/C=C/C(=O)P(=O)(O)O)C[C@@H](O)C[C@@H]1O. The largest absolute Gasteiger partial charge is 0.395 e. The molecule has 3 aliphatic carbocycles. The van der Waals surface area contributed by atoms with E-state index in [-0.39, 0.29) is 11.3 Å². The fraction of sp³-hybridized carbons (Fsp3) is 0.625. The zero-order valence-corrected chi connectivity index (χ0v) is 19.3. The molecule has 6 atom stereocenters. The summed E-state index contributed by atoms with van der Waals surface area (Å²) in [4.78, 5) is 29.6. The Balaban J connectivity index is 1.78. The van der Waals surface area contributed by atoms with Gasteiger partial charge in [-0.1, -0.05) is 44.2 Å². The molecule has 0 saturated heterocycles. The van der Waals surface area contributed by atoms with Crippen LogP contribution in [0.15, 0.2) is 47.6 Å². The number of rotatable bonds is 5. The number of aliphatic hydroxyl groups is 2. The number of hydrogen-bond donors (Lipinski definition) is 4. The van der Waals surface area contributed by atoms with E-state index >= 15 is 0 Å². The highest BCUT2D eigenvalue weighted by Crippen LogP contribution is 2.59. The number of hydrogen-bond acceptors (Lipinski definition) is 4. The van der Waals surface area contributed by atoms with Crippen LogP contribution in [0.5, 0.6) is 0 Å². The van der Waals surface area contributed by atoms with Crippen molar-refractivity contribution in [2.24, 2.45) is 23.2 Å². The fourth-order valence-corrected chi connectivity index (χ4v) is 6.35. The zero-order valence-electron chi connectivity index (χ0n) is 18.4. The van der Waals surface area contributed by atoms with Crippen LogP contribution in [0.1, 0.15) is 58.8 Å². The molecule has 0 amide bonds. The van der Waals surface area contributed by atoms with Crippen molar-refractivity contribution in [1.29, 1.82) is 0 Å². The molecular weight excluding hydrogens is 415 g/mol. The number of aliphatic hydroxyl groups excluding tert-OH is 2. The molecule has 0 aliphatic heterocycles. The van der Waals surface area contributed by atoms with Crippen LogP contribution in [0.3, 0.4) is 0 Å². The van der Waals surface area contributed by atoms with Gasteiger partial charge in [0.25, 0.3) is 5.52 Å². The molecule has 3 fully saturated rings. The summed E-state index contributed by atoms with van der Waals surface area (Å²) in [7, 11) is -4.72. The zero-order chi connectivity index (χ0) is 23.0. The van der Waals surface area contributed by atoms with Crippen LogP contribution in [0.4, 0.5) is 0 Å². The monoisotopic (exact) mass is 450 g/mol. The van der Waals surface area contributed by atoms with Gasteiger partial charge in [-0.15, -0.1) is 0 Å². The van der Waals surface area contributed by atoms with Crippen LogP contribution in [0, 0.1) is 23.2 Å². The Bertz CT molecular complexity index is 865. The van der Waals surface area contributed by atoms with Gasteiger partial charge in [0.05, 0.1) is 12.2 Å². The summed E-state index contributed by atoms with van der Waals surface area (Å²) in [5.74, 6) is 0.803. The highest BCUT2D eigenvalue weighted by atomic mass is 31.2. The van der Waals surface area contributed by atoms with Crippen molar-refractivity contribution in [1.82, 2.24) is 0 Å². The minimum atomic E-state index is -4.72. The number of carbonyl (C=O) groups is 1. The lowest BCUT2D eigenvalue weighted by Crippen LogP contribution is -2.35. The van der Waals surface area contributed by atoms with Crippen molar-refractivity contribution >= 4 is 13.1 Å². The lowest BCUT2D eigenvalue weighted by atomic mass is 9.61. The Morgan fingerprint density at radius 2 is 1.97 bits per heavy atom. The summed E-state index contributed by atoms with van der Waals surface area (Å²) >= 11 is 0. The topological polar surface area (TPSA) is 115 Å². The maximum absolute atomic E-state index is 11.6. The lowest BCUT2D eigenvalue weighted by molar-refractivity contribution is -0.109. The van der Waals surface area contributed by atoms with Gasteiger partial charge >= 0.3 is 7.60 Å². The van der Waals surface area contributed by atoms with Gasteiger partial charge in [-0.25, -0.2) is 0 Å². The van der Waals surface area contributed by atoms with Crippen molar-refractivity contribution in [2.75, 3.05) is 0 Å². The molecule has 6 nitrogen and oxygen atoms in total. The second kappa shape index (κ2) is 9.29. The number of allylic oxidation sites excluding steroid dienone is 5. The summed E-state index contributed by atoms with van der Waals surface area (Å²) in [6, 6.07) is 0. The van der Waals surface area contributed by atoms with Crippen molar-refractivity contribution < 1.29 is 29.4 Å². The van der Waals surface area contributed by atoms with Gasteiger partial charge in [0.15, 0.2) is 0 Å². The maximum Gasteiger partial charge on any atom is 0.395 e. The highest BCUT2D eigenvalue weighted by molar-refractivity contribution is 7.70. The maximum atomic E-state index is 11.6. The van der Waals surface area contributed by atoms with Crippen LogP contribution in [-0.4, -0.2) is 37.7 Å². The van der Waals surface area contributed by atoms with Crippen molar-refractivity contribution in [3.05, 3.63) is 47.6 Å². The van der Waals surface area contributed by atoms with Gasteiger partial charge in [-0.2, -0.15) is 0 Å². The van der Waals surface area contributed by atoms with Crippen LogP contribution >= 0.6 is 7.60 Å². The van der Waals surface area contributed by atoms with E-state index in [1.807, 2.05) is 13.0 Å². The molecule has 172 valence electrons. The van der Waals surface area contributed by atoms with Crippen LogP contribution in [0.2, 0.25) is 0 Å². The van der Waals surface area contributed by atoms with Gasteiger partial charge in [-0.05, 0) is 78.9 Å². The van der Waals surface area contributed by atoms with Crippen molar-refractivity contribution in [3.8, 4) is 0 Å². The molecule has 3 rings (SSSR count). The molecule has 0 radical (unpaired) electrons. The fourth-order valence-electron chi connectivity index (χ4n) is 6.07.